The number of fused-ring (bicyclic) bond motifs is 1. The van der Waals surface area contributed by atoms with E-state index in [1.54, 1.807) is 6.20 Å². The average molecular weight is 322 g/mol. The predicted octanol–water partition coefficient (Wildman–Crippen LogP) is 0.206. The van der Waals surface area contributed by atoms with Gasteiger partial charge >= 0.3 is 0 Å². The van der Waals surface area contributed by atoms with Crippen molar-refractivity contribution in [3.8, 4) is 6.07 Å². The third-order valence-electron chi connectivity index (χ3n) is 4.07. The quantitative estimate of drug-likeness (QED) is 0.792. The van der Waals surface area contributed by atoms with Crippen LogP contribution in [0.25, 0.3) is 10.9 Å². The molecule has 114 valence electrons. The van der Waals surface area contributed by atoms with Crippen LogP contribution in [0, 0.1) is 11.3 Å². The van der Waals surface area contributed by atoms with Gasteiger partial charge in [0.05, 0.1) is 18.2 Å². The van der Waals surface area contributed by atoms with Crippen molar-refractivity contribution in [1.82, 2.24) is 15.2 Å². The molecule has 2 radical (unpaired) electrons. The number of amides is 2. The van der Waals surface area contributed by atoms with Crippen LogP contribution in [0.5, 0.6) is 0 Å². The van der Waals surface area contributed by atoms with Crippen molar-refractivity contribution in [2.45, 2.75) is 18.9 Å². The van der Waals surface area contributed by atoms with E-state index in [0.717, 1.165) is 21.7 Å². The molecule has 23 heavy (non-hydrogen) atoms. The molecule has 1 fully saturated rings. The van der Waals surface area contributed by atoms with Crippen LogP contribution >= 0.6 is 0 Å². The van der Waals surface area contributed by atoms with E-state index in [9.17, 15) is 9.59 Å². The molecule has 0 saturated carbocycles. The molecule has 1 aromatic heterocycles. The highest BCUT2D eigenvalue weighted by atomic mass is 27.0. The van der Waals surface area contributed by atoms with Gasteiger partial charge in [0.25, 0.3) is 5.91 Å². The van der Waals surface area contributed by atoms with Crippen LogP contribution in [-0.4, -0.2) is 57.1 Å². The maximum absolute atomic E-state index is 12.3. The molecule has 7 heteroatoms. The van der Waals surface area contributed by atoms with E-state index >= 15 is 0 Å². The number of benzene rings is 1. The van der Waals surface area contributed by atoms with Gasteiger partial charge in [-0.15, -0.1) is 4.43 Å². The number of nitrogens with zero attached hydrogens (tertiary/aromatic N) is 2. The monoisotopic (exact) mass is 322 g/mol. The predicted molar refractivity (Wildman–Crippen MR) is 86.4 cm³/mol. The second kappa shape index (κ2) is 6.46. The zero-order chi connectivity index (χ0) is 16.4. The first-order valence-corrected chi connectivity index (χ1v) is 8.02. The third kappa shape index (κ3) is 3.10. The fraction of sp³-hybridized carbons (Fsp3) is 0.312. The number of H-pyrrole nitrogens is 1. The van der Waals surface area contributed by atoms with Crippen LogP contribution in [0.1, 0.15) is 23.2 Å². The largest absolute Gasteiger partial charge is 0.360 e. The number of nitriles is 1. The SMILES string of the molecule is N#C[C@@H]1CCCN1C(=O)CNC(=O)c1c[nH]c2c[c]([Al])ccc12. The van der Waals surface area contributed by atoms with Crippen molar-refractivity contribution < 1.29 is 9.59 Å². The van der Waals surface area contributed by atoms with Gasteiger partial charge < -0.3 is 15.2 Å². The molecule has 1 aliphatic rings. The summed E-state index contributed by atoms with van der Waals surface area (Å²) in [4.78, 5) is 29.0. The van der Waals surface area contributed by atoms with E-state index in [1.807, 2.05) is 18.2 Å². The zero-order valence-electron chi connectivity index (χ0n) is 12.5. The molecule has 0 bridgehead atoms. The molecule has 0 spiro atoms. The molecule has 0 aliphatic carbocycles. The number of aromatic amines is 1. The molecule has 6 nitrogen and oxygen atoms in total. The smallest absolute Gasteiger partial charge is 0.253 e. The maximum atomic E-state index is 12.3. The van der Waals surface area contributed by atoms with E-state index in [2.05, 4.69) is 32.7 Å². The van der Waals surface area contributed by atoms with Crippen LogP contribution in [0.4, 0.5) is 0 Å². The number of nitrogens with one attached hydrogen (secondary N) is 2. The van der Waals surface area contributed by atoms with Gasteiger partial charge in [-0.1, -0.05) is 18.2 Å². The van der Waals surface area contributed by atoms with Crippen molar-refractivity contribution in [3.63, 3.8) is 0 Å². The molecule has 1 aliphatic heterocycles. The van der Waals surface area contributed by atoms with Crippen molar-refractivity contribution in [2.24, 2.45) is 0 Å². The normalized spacial score (nSPS) is 17.2. The molecule has 1 saturated heterocycles. The third-order valence-corrected chi connectivity index (χ3v) is 4.43. The summed E-state index contributed by atoms with van der Waals surface area (Å²) in [6.07, 6.45) is 3.18. The highest BCUT2D eigenvalue weighted by molar-refractivity contribution is 6.33. The summed E-state index contributed by atoms with van der Waals surface area (Å²) in [5, 5.41) is 12.5. The lowest BCUT2D eigenvalue weighted by Gasteiger charge is -2.19. The Kier molecular flexibility index (Phi) is 4.38. The van der Waals surface area contributed by atoms with Gasteiger partial charge in [0.15, 0.2) is 16.3 Å². The lowest BCUT2D eigenvalue weighted by molar-refractivity contribution is -0.130. The first kappa shape index (κ1) is 15.6. The Labute approximate surface area is 141 Å². The summed E-state index contributed by atoms with van der Waals surface area (Å²) in [7, 11) is 0. The average Bonchev–Trinajstić information content (AvgIpc) is 3.18. The van der Waals surface area contributed by atoms with E-state index < -0.39 is 0 Å². The summed E-state index contributed by atoms with van der Waals surface area (Å²) in [5.74, 6) is -0.511. The molecule has 3 rings (SSSR count). The Hall–Kier alpha value is -2.28. The number of carbonyl (C=O) groups is 2. The minimum Gasteiger partial charge on any atom is -0.360 e. The van der Waals surface area contributed by atoms with Gasteiger partial charge in [-0.3, -0.25) is 9.59 Å². The molecule has 1 atom stereocenters. The molecular formula is C16H15AlN4O2. The molecule has 2 aromatic rings. The molecule has 2 N–H and O–H groups in total. The maximum Gasteiger partial charge on any atom is 0.253 e. The number of likely N-dealkylation sites (tertiary alicyclic amines) is 1. The van der Waals surface area contributed by atoms with E-state index in [-0.39, 0.29) is 24.4 Å². The molecule has 0 unspecified atom stereocenters. The first-order chi connectivity index (χ1) is 11.1. The second-order valence-electron chi connectivity index (χ2n) is 5.56. The zero-order valence-corrected chi connectivity index (χ0v) is 13.7. The van der Waals surface area contributed by atoms with Crippen molar-refractivity contribution in [1.29, 1.82) is 5.26 Å². The van der Waals surface area contributed by atoms with Crippen molar-refractivity contribution in [3.05, 3.63) is 30.0 Å². The highest BCUT2D eigenvalue weighted by Crippen LogP contribution is 2.17. The summed E-state index contributed by atoms with van der Waals surface area (Å²) in [6.45, 7) is 0.488. The van der Waals surface area contributed by atoms with Crippen LogP contribution in [-0.2, 0) is 4.79 Å². The van der Waals surface area contributed by atoms with Gasteiger partial charge in [0.2, 0.25) is 5.91 Å². The van der Waals surface area contributed by atoms with Crippen LogP contribution < -0.4 is 9.74 Å². The molecular weight excluding hydrogens is 307 g/mol. The topological polar surface area (TPSA) is 89.0 Å². The van der Waals surface area contributed by atoms with Crippen molar-refractivity contribution in [2.75, 3.05) is 13.1 Å². The van der Waals surface area contributed by atoms with E-state index in [0.29, 0.717) is 18.5 Å². The number of carbonyl (C=O) groups excluding carboxylic acids is 2. The summed E-state index contributed by atoms with van der Waals surface area (Å²) >= 11 is 2.61. The van der Waals surface area contributed by atoms with E-state index in [1.165, 1.54) is 4.90 Å². The highest BCUT2D eigenvalue weighted by Gasteiger charge is 2.28. The Balaban J connectivity index is 1.67. The van der Waals surface area contributed by atoms with Crippen LogP contribution in [0.3, 0.4) is 0 Å². The number of aromatic nitrogens is 1. The van der Waals surface area contributed by atoms with Crippen molar-refractivity contribution >= 4 is 43.4 Å². The Morgan fingerprint density at radius 3 is 3.09 bits per heavy atom. The minimum atomic E-state index is -0.368. The lowest BCUT2D eigenvalue weighted by atomic mass is 10.1. The second-order valence-corrected chi connectivity index (χ2v) is 6.23. The summed E-state index contributed by atoms with van der Waals surface area (Å²) in [5.41, 5.74) is 1.38. The Morgan fingerprint density at radius 1 is 1.48 bits per heavy atom. The fourth-order valence-electron chi connectivity index (χ4n) is 2.88. The van der Waals surface area contributed by atoms with Gasteiger partial charge in [-0.25, -0.2) is 0 Å². The summed E-state index contributed by atoms with van der Waals surface area (Å²) < 4.78 is 1.03. The van der Waals surface area contributed by atoms with E-state index in [4.69, 9.17) is 5.26 Å². The molecule has 2 heterocycles. The fourth-order valence-corrected chi connectivity index (χ4v) is 3.15. The van der Waals surface area contributed by atoms with Gasteiger partial charge in [0, 0.05) is 23.6 Å². The Bertz CT molecular complexity index is 808. The first-order valence-electron chi connectivity index (χ1n) is 7.44. The molecule has 1 aromatic carbocycles. The number of rotatable bonds is 3. The standard InChI is InChI=1S/C16H15N4O2.Al/c17-8-11-4-3-7-20(11)15(21)10-19-16(22)13-9-18-14-6-2-1-5-12(13)14;/h1,5-6,9,11,18H,3-4,7,10H2,(H,19,22);/t11-;/m0./s1. The van der Waals surface area contributed by atoms with Crippen LogP contribution in [0.2, 0.25) is 0 Å². The number of hydrogen-bond donors (Lipinski definition) is 2. The van der Waals surface area contributed by atoms with Gasteiger partial charge in [-0.2, -0.15) is 5.26 Å². The van der Waals surface area contributed by atoms with Crippen LogP contribution in [0.15, 0.2) is 24.4 Å². The lowest BCUT2D eigenvalue weighted by Crippen LogP contribution is -2.42. The summed E-state index contributed by atoms with van der Waals surface area (Å²) in [6, 6.07) is 7.47. The minimum absolute atomic E-state index is 0.0919. The number of hydrogen-bond acceptors (Lipinski definition) is 3. The Morgan fingerprint density at radius 2 is 2.30 bits per heavy atom. The van der Waals surface area contributed by atoms with Gasteiger partial charge in [0.1, 0.15) is 6.04 Å². The van der Waals surface area contributed by atoms with Gasteiger partial charge in [-0.05, 0) is 12.8 Å². The molecule has 2 amide bonds.